The van der Waals surface area contributed by atoms with E-state index >= 15 is 0 Å². The van der Waals surface area contributed by atoms with Gasteiger partial charge in [-0.1, -0.05) is 13.8 Å². The first-order valence-corrected chi connectivity index (χ1v) is 7.69. The molecule has 0 spiro atoms. The van der Waals surface area contributed by atoms with E-state index in [1.54, 1.807) is 0 Å². The van der Waals surface area contributed by atoms with E-state index in [0.717, 1.165) is 68.2 Å². The summed E-state index contributed by atoms with van der Waals surface area (Å²) in [5, 5.41) is 15.5. The molecule has 0 aromatic carbocycles. The number of unbranched alkanes of at least 4 members (excludes halogenated alkanes) is 1. The first kappa shape index (κ1) is 16.7. The highest BCUT2D eigenvalue weighted by molar-refractivity contribution is 5.57. The van der Waals surface area contributed by atoms with Crippen molar-refractivity contribution in [3.05, 3.63) is 11.4 Å². The standard InChI is InChI=1S/C15H28N4O/c1-4-8-13-18-14(16-9-5-2)12(3)15(19-13)17-10-6-7-11-20/h20H,4-11H2,1-3H3,(H2,16,17,18,19). The Morgan fingerprint density at radius 1 is 0.950 bits per heavy atom. The van der Waals surface area contributed by atoms with Crippen LogP contribution in [0.1, 0.15) is 50.9 Å². The van der Waals surface area contributed by atoms with Gasteiger partial charge in [0, 0.05) is 31.7 Å². The van der Waals surface area contributed by atoms with Gasteiger partial charge in [-0.2, -0.15) is 0 Å². The maximum atomic E-state index is 8.81. The van der Waals surface area contributed by atoms with E-state index in [-0.39, 0.29) is 6.61 Å². The van der Waals surface area contributed by atoms with Crippen LogP contribution < -0.4 is 10.6 Å². The molecule has 0 aliphatic rings. The summed E-state index contributed by atoms with van der Waals surface area (Å²) in [5.41, 5.74) is 1.07. The molecule has 114 valence electrons. The zero-order valence-corrected chi connectivity index (χ0v) is 13.0. The molecule has 1 aromatic rings. The molecule has 0 amide bonds. The molecule has 0 bridgehead atoms. The summed E-state index contributed by atoms with van der Waals surface area (Å²) in [5.74, 6) is 2.75. The molecule has 1 rings (SSSR count). The number of nitrogens with zero attached hydrogens (tertiary/aromatic N) is 2. The maximum Gasteiger partial charge on any atom is 0.134 e. The molecule has 5 heteroatoms. The van der Waals surface area contributed by atoms with E-state index in [1.165, 1.54) is 0 Å². The Kier molecular flexibility index (Phi) is 7.95. The maximum absolute atomic E-state index is 8.81. The van der Waals surface area contributed by atoms with E-state index in [9.17, 15) is 0 Å². The molecule has 0 saturated carbocycles. The van der Waals surface area contributed by atoms with Gasteiger partial charge in [-0.15, -0.1) is 0 Å². The van der Waals surface area contributed by atoms with Crippen molar-refractivity contribution in [1.29, 1.82) is 0 Å². The highest BCUT2D eigenvalue weighted by Crippen LogP contribution is 2.20. The van der Waals surface area contributed by atoms with Crippen molar-refractivity contribution >= 4 is 11.6 Å². The Hall–Kier alpha value is -1.36. The Balaban J connectivity index is 2.80. The monoisotopic (exact) mass is 280 g/mol. The smallest absolute Gasteiger partial charge is 0.134 e. The SMILES string of the molecule is CCCNc1nc(CCC)nc(NCCCCO)c1C. The summed E-state index contributed by atoms with van der Waals surface area (Å²) in [7, 11) is 0. The van der Waals surface area contributed by atoms with Gasteiger partial charge in [-0.05, 0) is 32.6 Å². The highest BCUT2D eigenvalue weighted by Gasteiger charge is 2.09. The second-order valence-electron chi connectivity index (χ2n) is 5.00. The number of hydrogen-bond donors (Lipinski definition) is 3. The number of aryl methyl sites for hydroxylation is 1. The minimum absolute atomic E-state index is 0.245. The zero-order chi connectivity index (χ0) is 14.8. The van der Waals surface area contributed by atoms with Crippen molar-refractivity contribution in [2.45, 2.75) is 52.9 Å². The van der Waals surface area contributed by atoms with Crippen molar-refractivity contribution in [1.82, 2.24) is 9.97 Å². The Morgan fingerprint density at radius 2 is 1.60 bits per heavy atom. The van der Waals surface area contributed by atoms with Gasteiger partial charge in [0.1, 0.15) is 17.5 Å². The van der Waals surface area contributed by atoms with Crippen molar-refractivity contribution < 1.29 is 5.11 Å². The van der Waals surface area contributed by atoms with Crippen LogP contribution >= 0.6 is 0 Å². The van der Waals surface area contributed by atoms with Crippen molar-refractivity contribution in [3.63, 3.8) is 0 Å². The summed E-state index contributed by atoms with van der Waals surface area (Å²) < 4.78 is 0. The zero-order valence-electron chi connectivity index (χ0n) is 13.0. The third kappa shape index (κ3) is 5.33. The molecule has 1 aromatic heterocycles. The van der Waals surface area contributed by atoms with E-state index in [1.807, 2.05) is 6.92 Å². The molecule has 1 heterocycles. The van der Waals surface area contributed by atoms with Crippen molar-refractivity contribution in [2.24, 2.45) is 0 Å². The lowest BCUT2D eigenvalue weighted by atomic mass is 10.2. The van der Waals surface area contributed by atoms with Crippen LogP contribution in [-0.4, -0.2) is 34.8 Å². The molecule has 0 atom stereocenters. The van der Waals surface area contributed by atoms with Crippen LogP contribution in [-0.2, 0) is 6.42 Å². The number of rotatable bonds is 10. The van der Waals surface area contributed by atoms with Crippen molar-refractivity contribution in [3.8, 4) is 0 Å². The molecular weight excluding hydrogens is 252 g/mol. The average Bonchev–Trinajstić information content (AvgIpc) is 2.45. The van der Waals surface area contributed by atoms with Crippen molar-refractivity contribution in [2.75, 3.05) is 30.3 Å². The number of anilines is 2. The minimum atomic E-state index is 0.245. The average molecular weight is 280 g/mol. The molecule has 3 N–H and O–H groups in total. The number of aliphatic hydroxyl groups is 1. The Morgan fingerprint density at radius 3 is 2.15 bits per heavy atom. The highest BCUT2D eigenvalue weighted by atomic mass is 16.2. The first-order valence-electron chi connectivity index (χ1n) is 7.69. The largest absolute Gasteiger partial charge is 0.396 e. The van der Waals surface area contributed by atoms with Crippen LogP contribution in [0.3, 0.4) is 0 Å². The summed E-state index contributed by atoms with van der Waals surface area (Å²) in [6.07, 6.45) is 4.78. The van der Waals surface area contributed by atoms with Gasteiger partial charge < -0.3 is 15.7 Å². The van der Waals surface area contributed by atoms with Gasteiger partial charge in [0.2, 0.25) is 0 Å². The van der Waals surface area contributed by atoms with Gasteiger partial charge in [-0.3, -0.25) is 0 Å². The topological polar surface area (TPSA) is 70.1 Å². The number of aliphatic hydroxyl groups excluding tert-OH is 1. The molecule has 0 saturated heterocycles. The van der Waals surface area contributed by atoms with Crippen LogP contribution in [0.4, 0.5) is 11.6 Å². The van der Waals surface area contributed by atoms with Gasteiger partial charge in [0.25, 0.3) is 0 Å². The van der Waals surface area contributed by atoms with E-state index in [4.69, 9.17) is 5.11 Å². The van der Waals surface area contributed by atoms with Crippen LogP contribution in [0.25, 0.3) is 0 Å². The van der Waals surface area contributed by atoms with E-state index in [2.05, 4.69) is 34.4 Å². The third-order valence-electron chi connectivity index (χ3n) is 3.09. The molecule has 0 aliphatic carbocycles. The predicted octanol–water partition coefficient (Wildman–Crippen LogP) is 2.74. The fourth-order valence-electron chi connectivity index (χ4n) is 1.93. The molecular formula is C15H28N4O. The second-order valence-corrected chi connectivity index (χ2v) is 5.00. The Bertz CT molecular complexity index is 396. The minimum Gasteiger partial charge on any atom is -0.396 e. The number of nitrogens with one attached hydrogen (secondary N) is 2. The molecule has 0 fully saturated rings. The van der Waals surface area contributed by atoms with Gasteiger partial charge >= 0.3 is 0 Å². The second kappa shape index (κ2) is 9.53. The fraction of sp³-hybridized carbons (Fsp3) is 0.733. The molecule has 20 heavy (non-hydrogen) atoms. The molecule has 0 aliphatic heterocycles. The number of hydrogen-bond acceptors (Lipinski definition) is 5. The number of aromatic nitrogens is 2. The fourth-order valence-corrected chi connectivity index (χ4v) is 1.93. The third-order valence-corrected chi connectivity index (χ3v) is 3.09. The van der Waals surface area contributed by atoms with Gasteiger partial charge in [0.15, 0.2) is 0 Å². The van der Waals surface area contributed by atoms with Crippen LogP contribution in [0, 0.1) is 6.92 Å². The van der Waals surface area contributed by atoms with Gasteiger partial charge in [-0.25, -0.2) is 9.97 Å². The van der Waals surface area contributed by atoms with Crippen LogP contribution in [0.2, 0.25) is 0 Å². The van der Waals surface area contributed by atoms with Crippen LogP contribution in [0.5, 0.6) is 0 Å². The predicted molar refractivity (Wildman–Crippen MR) is 84.4 cm³/mol. The normalized spacial score (nSPS) is 10.6. The van der Waals surface area contributed by atoms with E-state index < -0.39 is 0 Å². The van der Waals surface area contributed by atoms with E-state index in [0.29, 0.717) is 0 Å². The van der Waals surface area contributed by atoms with Gasteiger partial charge in [0.05, 0.1) is 0 Å². The molecule has 5 nitrogen and oxygen atoms in total. The first-order chi connectivity index (χ1) is 9.72. The lowest BCUT2D eigenvalue weighted by Gasteiger charge is -2.14. The summed E-state index contributed by atoms with van der Waals surface area (Å²) in [6.45, 7) is 8.32. The molecule has 0 radical (unpaired) electrons. The summed E-state index contributed by atoms with van der Waals surface area (Å²) in [6, 6.07) is 0. The summed E-state index contributed by atoms with van der Waals surface area (Å²) in [4.78, 5) is 9.21. The lowest BCUT2D eigenvalue weighted by molar-refractivity contribution is 0.286. The molecule has 0 unspecified atom stereocenters. The van der Waals surface area contributed by atoms with Crippen LogP contribution in [0.15, 0.2) is 0 Å². The lowest BCUT2D eigenvalue weighted by Crippen LogP contribution is -2.12. The Labute approximate surface area is 122 Å². The quantitative estimate of drug-likeness (QED) is 0.575. The summed E-state index contributed by atoms with van der Waals surface area (Å²) >= 11 is 0.